The fraction of sp³-hybridized carbons (Fsp3) is 0.176. The molecular weight excluding hydrogens is 262 g/mol. The van der Waals surface area contributed by atoms with E-state index in [1.54, 1.807) is 6.33 Å². The molecule has 106 valence electrons. The lowest BCUT2D eigenvalue weighted by Gasteiger charge is -2.08. The van der Waals surface area contributed by atoms with Gasteiger partial charge in [0.1, 0.15) is 6.54 Å². The largest absolute Gasteiger partial charge is 0.325 e. The van der Waals surface area contributed by atoms with Crippen LogP contribution in [-0.4, -0.2) is 15.5 Å². The molecule has 21 heavy (non-hydrogen) atoms. The predicted octanol–water partition coefficient (Wildman–Crippen LogP) is 3.24. The Morgan fingerprint density at radius 1 is 1.19 bits per heavy atom. The normalized spacial score (nSPS) is 10.7. The number of amides is 1. The third kappa shape index (κ3) is 2.94. The van der Waals surface area contributed by atoms with Gasteiger partial charge in [-0.2, -0.15) is 0 Å². The Morgan fingerprint density at radius 3 is 2.90 bits per heavy atom. The van der Waals surface area contributed by atoms with Crippen LogP contribution >= 0.6 is 0 Å². The summed E-state index contributed by atoms with van der Waals surface area (Å²) in [5.74, 6) is -0.0496. The number of rotatable bonds is 4. The van der Waals surface area contributed by atoms with Crippen molar-refractivity contribution in [3.8, 4) is 0 Å². The van der Waals surface area contributed by atoms with Crippen LogP contribution in [0.3, 0.4) is 0 Å². The fourth-order valence-electron chi connectivity index (χ4n) is 2.36. The van der Waals surface area contributed by atoms with Crippen molar-refractivity contribution in [2.75, 3.05) is 5.32 Å². The molecule has 0 fully saturated rings. The number of imidazole rings is 1. The smallest absolute Gasteiger partial charge is 0.244 e. The number of nitrogens with one attached hydrogen (secondary N) is 1. The zero-order chi connectivity index (χ0) is 14.7. The van der Waals surface area contributed by atoms with Crippen molar-refractivity contribution >= 4 is 22.6 Å². The quantitative estimate of drug-likeness (QED) is 0.797. The molecule has 4 nitrogen and oxygen atoms in total. The zero-order valence-corrected chi connectivity index (χ0v) is 11.9. The molecule has 3 rings (SSSR count). The highest BCUT2D eigenvalue weighted by Crippen LogP contribution is 2.13. The molecule has 0 saturated heterocycles. The van der Waals surface area contributed by atoms with E-state index >= 15 is 0 Å². The highest BCUT2D eigenvalue weighted by molar-refractivity contribution is 5.91. The Labute approximate surface area is 123 Å². The third-order valence-corrected chi connectivity index (χ3v) is 3.46. The molecular formula is C17H17N3O. The summed E-state index contributed by atoms with van der Waals surface area (Å²) in [7, 11) is 0. The number of nitrogens with zero attached hydrogens (tertiary/aromatic N) is 2. The molecule has 0 unspecified atom stereocenters. The molecule has 1 heterocycles. The van der Waals surface area contributed by atoms with Gasteiger partial charge in [-0.3, -0.25) is 4.79 Å². The SMILES string of the molecule is CCc1cccc(NC(=O)Cn2cnc3ccccc32)c1. The van der Waals surface area contributed by atoms with E-state index < -0.39 is 0 Å². The molecule has 1 N–H and O–H groups in total. The highest BCUT2D eigenvalue weighted by atomic mass is 16.1. The van der Waals surface area contributed by atoms with Crippen LogP contribution in [0.5, 0.6) is 0 Å². The maximum Gasteiger partial charge on any atom is 0.244 e. The molecule has 0 radical (unpaired) electrons. The minimum atomic E-state index is -0.0496. The highest BCUT2D eigenvalue weighted by Gasteiger charge is 2.07. The summed E-state index contributed by atoms with van der Waals surface area (Å²) in [4.78, 5) is 16.5. The van der Waals surface area contributed by atoms with Crippen LogP contribution in [0.25, 0.3) is 11.0 Å². The van der Waals surface area contributed by atoms with Crippen molar-refractivity contribution in [3.63, 3.8) is 0 Å². The van der Waals surface area contributed by atoms with E-state index in [4.69, 9.17) is 0 Å². The second-order valence-corrected chi connectivity index (χ2v) is 4.96. The number of anilines is 1. The van der Waals surface area contributed by atoms with Gasteiger partial charge < -0.3 is 9.88 Å². The topological polar surface area (TPSA) is 46.9 Å². The molecule has 0 spiro atoms. The minimum absolute atomic E-state index is 0.0496. The van der Waals surface area contributed by atoms with Gasteiger partial charge in [-0.05, 0) is 36.2 Å². The Morgan fingerprint density at radius 2 is 2.05 bits per heavy atom. The van der Waals surface area contributed by atoms with Crippen LogP contribution in [0.2, 0.25) is 0 Å². The van der Waals surface area contributed by atoms with Gasteiger partial charge in [-0.15, -0.1) is 0 Å². The molecule has 0 bridgehead atoms. The van der Waals surface area contributed by atoms with Gasteiger partial charge in [0.2, 0.25) is 5.91 Å². The molecule has 3 aromatic rings. The van der Waals surface area contributed by atoms with E-state index in [9.17, 15) is 4.79 Å². The van der Waals surface area contributed by atoms with Crippen molar-refractivity contribution in [1.82, 2.24) is 9.55 Å². The number of aryl methyl sites for hydroxylation is 1. The predicted molar refractivity (Wildman–Crippen MR) is 84.2 cm³/mol. The van der Waals surface area contributed by atoms with Crippen LogP contribution in [0.15, 0.2) is 54.9 Å². The van der Waals surface area contributed by atoms with Gasteiger partial charge in [0.15, 0.2) is 0 Å². The monoisotopic (exact) mass is 279 g/mol. The lowest BCUT2D eigenvalue weighted by Crippen LogP contribution is -2.18. The first kappa shape index (κ1) is 13.4. The lowest BCUT2D eigenvalue weighted by atomic mass is 10.1. The maximum atomic E-state index is 12.2. The van der Waals surface area contributed by atoms with E-state index in [-0.39, 0.29) is 12.5 Å². The number of hydrogen-bond donors (Lipinski definition) is 1. The van der Waals surface area contributed by atoms with Gasteiger partial charge in [0.05, 0.1) is 17.4 Å². The molecule has 0 saturated carbocycles. The molecule has 0 aliphatic carbocycles. The summed E-state index contributed by atoms with van der Waals surface area (Å²) < 4.78 is 1.86. The molecule has 1 aromatic heterocycles. The first-order chi connectivity index (χ1) is 10.3. The molecule has 4 heteroatoms. The van der Waals surface area contributed by atoms with E-state index in [2.05, 4.69) is 23.3 Å². The number of aromatic nitrogens is 2. The summed E-state index contributed by atoms with van der Waals surface area (Å²) >= 11 is 0. The van der Waals surface area contributed by atoms with Crippen LogP contribution < -0.4 is 5.32 Å². The number of benzene rings is 2. The third-order valence-electron chi connectivity index (χ3n) is 3.46. The second kappa shape index (κ2) is 5.79. The Bertz CT molecular complexity index is 776. The number of carbonyl (C=O) groups excluding carboxylic acids is 1. The van der Waals surface area contributed by atoms with Gasteiger partial charge in [-0.25, -0.2) is 4.98 Å². The van der Waals surface area contributed by atoms with E-state index in [0.717, 1.165) is 23.1 Å². The zero-order valence-electron chi connectivity index (χ0n) is 11.9. The summed E-state index contributed by atoms with van der Waals surface area (Å²) in [6, 6.07) is 15.7. The van der Waals surface area contributed by atoms with Crippen molar-refractivity contribution in [1.29, 1.82) is 0 Å². The summed E-state index contributed by atoms with van der Waals surface area (Å²) in [5.41, 5.74) is 3.91. The van der Waals surface area contributed by atoms with Crippen molar-refractivity contribution in [2.24, 2.45) is 0 Å². The van der Waals surface area contributed by atoms with E-state index in [1.807, 2.05) is 47.0 Å². The Kier molecular flexibility index (Phi) is 3.69. The van der Waals surface area contributed by atoms with Crippen molar-refractivity contribution in [2.45, 2.75) is 19.9 Å². The molecule has 0 aliphatic rings. The fourth-order valence-corrected chi connectivity index (χ4v) is 2.36. The molecule has 0 aliphatic heterocycles. The number of fused-ring (bicyclic) bond motifs is 1. The summed E-state index contributed by atoms with van der Waals surface area (Å²) in [6.07, 6.45) is 2.66. The average molecular weight is 279 g/mol. The van der Waals surface area contributed by atoms with Gasteiger partial charge in [-0.1, -0.05) is 31.2 Å². The van der Waals surface area contributed by atoms with Gasteiger partial charge in [0, 0.05) is 5.69 Å². The lowest BCUT2D eigenvalue weighted by molar-refractivity contribution is -0.116. The first-order valence-corrected chi connectivity index (χ1v) is 7.05. The molecule has 2 aromatic carbocycles. The second-order valence-electron chi connectivity index (χ2n) is 4.96. The standard InChI is InChI=1S/C17H17N3O/c1-2-13-6-5-7-14(10-13)19-17(21)11-20-12-18-15-8-3-4-9-16(15)20/h3-10,12H,2,11H2,1H3,(H,19,21). The maximum absolute atomic E-state index is 12.2. The van der Waals surface area contributed by atoms with Gasteiger partial charge >= 0.3 is 0 Å². The van der Waals surface area contributed by atoms with Gasteiger partial charge in [0.25, 0.3) is 0 Å². The van der Waals surface area contributed by atoms with Crippen LogP contribution in [0.1, 0.15) is 12.5 Å². The first-order valence-electron chi connectivity index (χ1n) is 7.05. The van der Waals surface area contributed by atoms with Crippen LogP contribution in [-0.2, 0) is 17.8 Å². The van der Waals surface area contributed by atoms with Crippen LogP contribution in [0.4, 0.5) is 5.69 Å². The molecule has 0 atom stereocenters. The van der Waals surface area contributed by atoms with E-state index in [0.29, 0.717) is 0 Å². The van der Waals surface area contributed by atoms with Crippen molar-refractivity contribution in [3.05, 3.63) is 60.4 Å². The average Bonchev–Trinajstić information content (AvgIpc) is 2.91. The number of para-hydroxylation sites is 2. The Hall–Kier alpha value is -2.62. The number of carbonyl (C=O) groups is 1. The van der Waals surface area contributed by atoms with Crippen molar-refractivity contribution < 1.29 is 4.79 Å². The molecule has 1 amide bonds. The summed E-state index contributed by atoms with van der Waals surface area (Å²) in [5, 5.41) is 2.93. The summed E-state index contributed by atoms with van der Waals surface area (Å²) in [6.45, 7) is 2.36. The van der Waals surface area contributed by atoms with Crippen LogP contribution in [0, 0.1) is 0 Å². The Balaban J connectivity index is 1.74. The van der Waals surface area contributed by atoms with E-state index in [1.165, 1.54) is 5.56 Å². The minimum Gasteiger partial charge on any atom is -0.325 e. The number of hydrogen-bond acceptors (Lipinski definition) is 2.